The first-order chi connectivity index (χ1) is 8.28. The minimum atomic E-state index is 0.661. The Kier molecular flexibility index (Phi) is 3.78. The van der Waals surface area contributed by atoms with Gasteiger partial charge in [-0.1, -0.05) is 24.3 Å². The van der Waals surface area contributed by atoms with E-state index in [9.17, 15) is 0 Å². The van der Waals surface area contributed by atoms with Crippen LogP contribution in [0.25, 0.3) is 0 Å². The fourth-order valence-electron chi connectivity index (χ4n) is 1.75. The molecule has 0 saturated carbocycles. The molecule has 0 aliphatic carbocycles. The van der Waals surface area contributed by atoms with Gasteiger partial charge in [-0.3, -0.25) is 0 Å². The molecule has 88 valence electrons. The van der Waals surface area contributed by atoms with E-state index >= 15 is 0 Å². The molecule has 2 heteroatoms. The highest BCUT2D eigenvalue weighted by atomic mass is 16.5. The standard InChI is InChI=1S/C15H17NO/c1-12-4-2-6-14(10-12)17-15-7-3-5-13(11-15)8-9-16/h2-7,10-11H,8-9,16H2,1H3. The van der Waals surface area contributed by atoms with Crippen molar-refractivity contribution in [3.05, 3.63) is 59.7 Å². The van der Waals surface area contributed by atoms with Crippen molar-refractivity contribution >= 4 is 0 Å². The van der Waals surface area contributed by atoms with Crippen molar-refractivity contribution in [1.29, 1.82) is 0 Å². The predicted molar refractivity (Wildman–Crippen MR) is 70.5 cm³/mol. The summed E-state index contributed by atoms with van der Waals surface area (Å²) in [4.78, 5) is 0. The van der Waals surface area contributed by atoms with E-state index in [1.54, 1.807) is 0 Å². The van der Waals surface area contributed by atoms with Crippen molar-refractivity contribution in [3.8, 4) is 11.5 Å². The zero-order valence-electron chi connectivity index (χ0n) is 10.0. The summed E-state index contributed by atoms with van der Waals surface area (Å²) in [5, 5.41) is 0. The van der Waals surface area contributed by atoms with Gasteiger partial charge in [0.2, 0.25) is 0 Å². The normalized spacial score (nSPS) is 10.2. The molecule has 2 rings (SSSR count). The summed E-state index contributed by atoms with van der Waals surface area (Å²) < 4.78 is 5.81. The van der Waals surface area contributed by atoms with Gasteiger partial charge in [-0.25, -0.2) is 0 Å². The van der Waals surface area contributed by atoms with Crippen molar-refractivity contribution in [1.82, 2.24) is 0 Å². The second-order valence-corrected chi connectivity index (χ2v) is 4.10. The van der Waals surface area contributed by atoms with Crippen LogP contribution in [-0.2, 0) is 6.42 Å². The van der Waals surface area contributed by atoms with Gasteiger partial charge in [-0.15, -0.1) is 0 Å². The molecule has 2 aromatic rings. The van der Waals surface area contributed by atoms with Crippen LogP contribution in [0.1, 0.15) is 11.1 Å². The molecule has 17 heavy (non-hydrogen) atoms. The molecular formula is C15H17NO. The molecule has 0 aliphatic heterocycles. The Hall–Kier alpha value is -1.80. The average molecular weight is 227 g/mol. The SMILES string of the molecule is Cc1cccc(Oc2cccc(CCN)c2)c1. The molecule has 2 aromatic carbocycles. The highest BCUT2D eigenvalue weighted by molar-refractivity contribution is 5.35. The monoisotopic (exact) mass is 227 g/mol. The number of benzene rings is 2. The largest absolute Gasteiger partial charge is 0.457 e. The van der Waals surface area contributed by atoms with E-state index in [1.807, 2.05) is 36.4 Å². The van der Waals surface area contributed by atoms with Gasteiger partial charge in [0.15, 0.2) is 0 Å². The first kappa shape index (κ1) is 11.7. The van der Waals surface area contributed by atoms with Crippen LogP contribution >= 0.6 is 0 Å². The second kappa shape index (κ2) is 5.51. The molecule has 0 radical (unpaired) electrons. The Morgan fingerprint density at radius 2 is 1.71 bits per heavy atom. The summed E-state index contributed by atoms with van der Waals surface area (Å²) >= 11 is 0. The molecule has 2 N–H and O–H groups in total. The van der Waals surface area contributed by atoms with Gasteiger partial charge in [0.05, 0.1) is 0 Å². The Balaban J connectivity index is 2.15. The van der Waals surface area contributed by atoms with Crippen molar-refractivity contribution < 1.29 is 4.74 Å². The lowest BCUT2D eigenvalue weighted by Crippen LogP contribution is -2.02. The number of aryl methyl sites for hydroxylation is 1. The van der Waals surface area contributed by atoms with Crippen molar-refractivity contribution in [2.24, 2.45) is 5.73 Å². The van der Waals surface area contributed by atoms with Crippen molar-refractivity contribution in [3.63, 3.8) is 0 Å². The van der Waals surface area contributed by atoms with Gasteiger partial charge in [-0.2, -0.15) is 0 Å². The summed E-state index contributed by atoms with van der Waals surface area (Å²) in [5.74, 6) is 1.73. The lowest BCUT2D eigenvalue weighted by molar-refractivity contribution is 0.481. The minimum absolute atomic E-state index is 0.661. The summed E-state index contributed by atoms with van der Waals surface area (Å²) in [6.45, 7) is 2.71. The zero-order valence-corrected chi connectivity index (χ0v) is 10.0. The van der Waals surface area contributed by atoms with Crippen LogP contribution < -0.4 is 10.5 Å². The lowest BCUT2D eigenvalue weighted by atomic mass is 10.1. The Labute approximate surface area is 102 Å². The van der Waals surface area contributed by atoms with E-state index in [4.69, 9.17) is 10.5 Å². The van der Waals surface area contributed by atoms with Gasteiger partial charge in [-0.05, 0) is 55.3 Å². The van der Waals surface area contributed by atoms with Crippen LogP contribution in [0.2, 0.25) is 0 Å². The van der Waals surface area contributed by atoms with Crippen LogP contribution in [0.4, 0.5) is 0 Å². The highest BCUT2D eigenvalue weighted by Crippen LogP contribution is 2.22. The molecule has 0 unspecified atom stereocenters. The van der Waals surface area contributed by atoms with E-state index in [-0.39, 0.29) is 0 Å². The third-order valence-electron chi connectivity index (χ3n) is 2.56. The molecule has 0 bridgehead atoms. The third kappa shape index (κ3) is 3.33. The van der Waals surface area contributed by atoms with Gasteiger partial charge < -0.3 is 10.5 Å². The summed E-state index contributed by atoms with van der Waals surface area (Å²) in [7, 11) is 0. The molecule has 2 nitrogen and oxygen atoms in total. The van der Waals surface area contributed by atoms with Crippen LogP contribution in [0.5, 0.6) is 11.5 Å². The van der Waals surface area contributed by atoms with Crippen LogP contribution in [-0.4, -0.2) is 6.54 Å². The Morgan fingerprint density at radius 1 is 1.00 bits per heavy atom. The first-order valence-electron chi connectivity index (χ1n) is 5.81. The molecular weight excluding hydrogens is 210 g/mol. The Bertz CT molecular complexity index is 494. The van der Waals surface area contributed by atoms with Gasteiger partial charge in [0.25, 0.3) is 0 Å². The van der Waals surface area contributed by atoms with Crippen LogP contribution in [0.15, 0.2) is 48.5 Å². The number of ether oxygens (including phenoxy) is 1. The van der Waals surface area contributed by atoms with E-state index in [0.29, 0.717) is 6.54 Å². The van der Waals surface area contributed by atoms with E-state index in [0.717, 1.165) is 17.9 Å². The fourth-order valence-corrected chi connectivity index (χ4v) is 1.75. The predicted octanol–water partition coefficient (Wildman–Crippen LogP) is 3.29. The van der Waals surface area contributed by atoms with Crippen molar-refractivity contribution in [2.75, 3.05) is 6.54 Å². The summed E-state index contributed by atoms with van der Waals surface area (Å²) in [5.41, 5.74) is 7.94. The molecule has 0 aliphatic rings. The zero-order chi connectivity index (χ0) is 12.1. The maximum atomic E-state index is 5.81. The average Bonchev–Trinajstić information content (AvgIpc) is 2.30. The number of hydrogen-bond donors (Lipinski definition) is 1. The first-order valence-corrected chi connectivity index (χ1v) is 5.81. The number of rotatable bonds is 4. The topological polar surface area (TPSA) is 35.2 Å². The molecule has 0 atom stereocenters. The van der Waals surface area contributed by atoms with Crippen LogP contribution in [0.3, 0.4) is 0 Å². The smallest absolute Gasteiger partial charge is 0.127 e. The molecule has 0 heterocycles. The molecule has 0 aromatic heterocycles. The van der Waals surface area contributed by atoms with Crippen LogP contribution in [0, 0.1) is 6.92 Å². The lowest BCUT2D eigenvalue weighted by Gasteiger charge is -2.07. The fraction of sp³-hybridized carbons (Fsp3) is 0.200. The maximum absolute atomic E-state index is 5.81. The highest BCUT2D eigenvalue weighted by Gasteiger charge is 1.99. The van der Waals surface area contributed by atoms with Gasteiger partial charge in [0, 0.05) is 0 Å². The molecule has 0 amide bonds. The van der Waals surface area contributed by atoms with Gasteiger partial charge in [0.1, 0.15) is 11.5 Å². The molecule has 0 saturated heterocycles. The van der Waals surface area contributed by atoms with E-state index in [2.05, 4.69) is 19.1 Å². The summed E-state index contributed by atoms with van der Waals surface area (Å²) in [6.07, 6.45) is 0.880. The number of nitrogens with two attached hydrogens (primary N) is 1. The minimum Gasteiger partial charge on any atom is -0.457 e. The Morgan fingerprint density at radius 3 is 2.41 bits per heavy atom. The van der Waals surface area contributed by atoms with E-state index < -0.39 is 0 Å². The third-order valence-corrected chi connectivity index (χ3v) is 2.56. The van der Waals surface area contributed by atoms with Gasteiger partial charge >= 0.3 is 0 Å². The quantitative estimate of drug-likeness (QED) is 0.869. The summed E-state index contributed by atoms with van der Waals surface area (Å²) in [6, 6.07) is 16.1. The molecule has 0 fully saturated rings. The second-order valence-electron chi connectivity index (χ2n) is 4.10. The number of hydrogen-bond acceptors (Lipinski definition) is 2. The van der Waals surface area contributed by atoms with E-state index in [1.165, 1.54) is 11.1 Å². The maximum Gasteiger partial charge on any atom is 0.127 e. The van der Waals surface area contributed by atoms with Crippen molar-refractivity contribution in [2.45, 2.75) is 13.3 Å². The molecule has 0 spiro atoms.